The topological polar surface area (TPSA) is 70.5 Å². The van der Waals surface area contributed by atoms with Gasteiger partial charge in [0.15, 0.2) is 0 Å². The first-order valence-corrected chi connectivity index (χ1v) is 8.07. The first kappa shape index (κ1) is 17.9. The van der Waals surface area contributed by atoms with Crippen LogP contribution in [0.4, 0.5) is 0 Å². The van der Waals surface area contributed by atoms with E-state index >= 15 is 0 Å². The van der Waals surface area contributed by atoms with Crippen LogP contribution in [0.3, 0.4) is 0 Å². The Hall–Kier alpha value is -0.200. The molecule has 1 saturated heterocycles. The van der Waals surface area contributed by atoms with E-state index in [1.165, 1.54) is 25.9 Å². The van der Waals surface area contributed by atoms with Crippen LogP contribution >= 0.6 is 0 Å². The Morgan fingerprint density at radius 1 is 1.05 bits per heavy atom. The minimum absolute atomic E-state index is 0.228. The summed E-state index contributed by atoms with van der Waals surface area (Å²) in [6, 6.07) is 0.676. The lowest BCUT2D eigenvalue weighted by Crippen LogP contribution is -2.50. The maximum absolute atomic E-state index is 5.64. The summed E-state index contributed by atoms with van der Waals surface area (Å²) in [4.78, 5) is 4.94. The summed E-state index contributed by atoms with van der Waals surface area (Å²) in [6.07, 6.45) is 2.51. The molecule has 0 unspecified atom stereocenters. The van der Waals surface area contributed by atoms with Crippen LogP contribution in [-0.4, -0.2) is 73.7 Å². The molecule has 20 heavy (non-hydrogen) atoms. The van der Waals surface area contributed by atoms with Gasteiger partial charge >= 0.3 is 0 Å². The lowest BCUT2D eigenvalue weighted by molar-refractivity contribution is 0.157. The molecule has 0 amide bonds. The molecule has 5 heteroatoms. The van der Waals surface area contributed by atoms with Crippen LogP contribution in [0.1, 0.15) is 33.6 Å². The Kier molecular flexibility index (Phi) is 7.99. The van der Waals surface area contributed by atoms with Crippen LogP contribution in [0.15, 0.2) is 0 Å². The van der Waals surface area contributed by atoms with Gasteiger partial charge < -0.3 is 21.7 Å². The normalized spacial score (nSPS) is 18.9. The van der Waals surface area contributed by atoms with E-state index in [0.717, 1.165) is 39.3 Å². The molecule has 1 aliphatic heterocycles. The van der Waals surface area contributed by atoms with Crippen molar-refractivity contribution in [1.29, 1.82) is 0 Å². The van der Waals surface area contributed by atoms with Crippen LogP contribution < -0.4 is 16.8 Å². The Morgan fingerprint density at radius 3 is 2.05 bits per heavy atom. The van der Waals surface area contributed by atoms with E-state index in [2.05, 4.69) is 35.9 Å². The molecule has 0 saturated carbocycles. The highest BCUT2D eigenvalue weighted by Crippen LogP contribution is 2.13. The van der Waals surface area contributed by atoms with Crippen LogP contribution in [0, 0.1) is 0 Å². The summed E-state index contributed by atoms with van der Waals surface area (Å²) in [6.45, 7) is 14.7. The van der Waals surface area contributed by atoms with Crippen molar-refractivity contribution in [1.82, 2.24) is 15.1 Å². The molecule has 1 heterocycles. The van der Waals surface area contributed by atoms with Gasteiger partial charge in [-0.15, -0.1) is 0 Å². The minimum Gasteiger partial charge on any atom is -0.329 e. The predicted molar refractivity (Wildman–Crippen MR) is 86.9 cm³/mol. The molecule has 0 radical (unpaired) electrons. The second-order valence-electron chi connectivity index (χ2n) is 6.93. The highest BCUT2D eigenvalue weighted by atomic mass is 15.2. The van der Waals surface area contributed by atoms with E-state index < -0.39 is 0 Å². The van der Waals surface area contributed by atoms with Gasteiger partial charge in [0.05, 0.1) is 0 Å². The van der Waals surface area contributed by atoms with Crippen molar-refractivity contribution in [2.45, 2.75) is 45.2 Å². The number of rotatable bonds is 8. The molecule has 0 aromatic rings. The number of hydrogen-bond acceptors (Lipinski definition) is 5. The van der Waals surface area contributed by atoms with Crippen molar-refractivity contribution in [2.24, 2.45) is 11.5 Å². The fourth-order valence-corrected chi connectivity index (χ4v) is 2.90. The third kappa shape index (κ3) is 7.55. The second-order valence-corrected chi connectivity index (χ2v) is 6.93. The monoisotopic (exact) mass is 285 g/mol. The van der Waals surface area contributed by atoms with Crippen LogP contribution in [0.25, 0.3) is 0 Å². The van der Waals surface area contributed by atoms with Gasteiger partial charge in [-0.3, -0.25) is 4.90 Å². The molecule has 0 aromatic carbocycles. The molecule has 1 aliphatic rings. The Labute approximate surface area is 125 Å². The van der Waals surface area contributed by atoms with Crippen molar-refractivity contribution in [3.05, 3.63) is 0 Å². The van der Waals surface area contributed by atoms with E-state index in [1.807, 2.05) is 0 Å². The molecule has 5 nitrogen and oxygen atoms in total. The quantitative estimate of drug-likeness (QED) is 0.588. The molecule has 0 aromatic heterocycles. The van der Waals surface area contributed by atoms with Gasteiger partial charge in [-0.05, 0) is 46.7 Å². The van der Waals surface area contributed by atoms with Gasteiger partial charge in [0, 0.05) is 50.8 Å². The summed E-state index contributed by atoms with van der Waals surface area (Å²) >= 11 is 0. The minimum atomic E-state index is 0.228. The Morgan fingerprint density at radius 2 is 1.60 bits per heavy atom. The molecule has 120 valence electrons. The van der Waals surface area contributed by atoms with Gasteiger partial charge in [-0.25, -0.2) is 0 Å². The molecule has 1 rings (SSSR count). The third-order valence-corrected chi connectivity index (χ3v) is 3.85. The smallest absolute Gasteiger partial charge is 0.0110 e. The fraction of sp³-hybridized carbons (Fsp3) is 1.00. The first-order chi connectivity index (χ1) is 9.44. The summed E-state index contributed by atoms with van der Waals surface area (Å²) in [5, 5.41) is 3.71. The highest BCUT2D eigenvalue weighted by molar-refractivity contribution is 4.83. The largest absolute Gasteiger partial charge is 0.329 e. The van der Waals surface area contributed by atoms with Gasteiger partial charge in [-0.2, -0.15) is 0 Å². The Balaban J connectivity index is 2.21. The summed E-state index contributed by atoms with van der Waals surface area (Å²) < 4.78 is 0. The summed E-state index contributed by atoms with van der Waals surface area (Å²) in [5.74, 6) is 0. The van der Waals surface area contributed by atoms with Gasteiger partial charge in [0.2, 0.25) is 0 Å². The lowest BCUT2D eigenvalue weighted by atomic mass is 10.00. The standard InChI is InChI=1S/C15H35N5/c1-15(2,3)18-14-4-8-19(9-5-14)12-13-20(10-6-16)11-7-17/h14,18H,4-13,16-17H2,1-3H3. The van der Waals surface area contributed by atoms with E-state index in [0.29, 0.717) is 6.04 Å². The Bertz CT molecular complexity index is 237. The number of nitrogens with two attached hydrogens (primary N) is 2. The average Bonchev–Trinajstić information content (AvgIpc) is 2.36. The fourth-order valence-electron chi connectivity index (χ4n) is 2.90. The maximum atomic E-state index is 5.64. The number of piperidine rings is 1. The third-order valence-electron chi connectivity index (χ3n) is 3.85. The number of likely N-dealkylation sites (tertiary alicyclic amines) is 1. The van der Waals surface area contributed by atoms with E-state index in [4.69, 9.17) is 11.5 Å². The second kappa shape index (κ2) is 8.95. The predicted octanol–water partition coefficient (Wildman–Crippen LogP) is 0.0583. The molecule has 0 aliphatic carbocycles. The first-order valence-electron chi connectivity index (χ1n) is 8.07. The van der Waals surface area contributed by atoms with Crippen molar-refractivity contribution in [3.63, 3.8) is 0 Å². The molecule has 0 atom stereocenters. The van der Waals surface area contributed by atoms with E-state index in [1.54, 1.807) is 0 Å². The zero-order valence-corrected chi connectivity index (χ0v) is 13.7. The van der Waals surface area contributed by atoms with Crippen LogP contribution in [0.2, 0.25) is 0 Å². The van der Waals surface area contributed by atoms with Gasteiger partial charge in [-0.1, -0.05) is 0 Å². The molecule has 0 bridgehead atoms. The molecular formula is C15H35N5. The van der Waals surface area contributed by atoms with E-state index in [9.17, 15) is 0 Å². The summed E-state index contributed by atoms with van der Waals surface area (Å²) in [5.41, 5.74) is 11.5. The number of nitrogens with zero attached hydrogens (tertiary/aromatic N) is 2. The van der Waals surface area contributed by atoms with Gasteiger partial charge in [0.1, 0.15) is 0 Å². The van der Waals surface area contributed by atoms with Crippen molar-refractivity contribution >= 4 is 0 Å². The number of hydrogen-bond donors (Lipinski definition) is 3. The van der Waals surface area contributed by atoms with Crippen LogP contribution in [-0.2, 0) is 0 Å². The summed E-state index contributed by atoms with van der Waals surface area (Å²) in [7, 11) is 0. The van der Waals surface area contributed by atoms with Crippen molar-refractivity contribution in [2.75, 3.05) is 52.4 Å². The zero-order valence-electron chi connectivity index (χ0n) is 13.7. The maximum Gasteiger partial charge on any atom is 0.0110 e. The highest BCUT2D eigenvalue weighted by Gasteiger charge is 2.22. The van der Waals surface area contributed by atoms with Crippen molar-refractivity contribution < 1.29 is 0 Å². The van der Waals surface area contributed by atoms with Crippen LogP contribution in [0.5, 0.6) is 0 Å². The average molecular weight is 285 g/mol. The van der Waals surface area contributed by atoms with E-state index in [-0.39, 0.29) is 5.54 Å². The lowest BCUT2D eigenvalue weighted by Gasteiger charge is -2.37. The molecule has 0 spiro atoms. The zero-order chi connectivity index (χ0) is 15.0. The number of nitrogens with one attached hydrogen (secondary N) is 1. The SMILES string of the molecule is CC(C)(C)NC1CCN(CCN(CCN)CCN)CC1. The molecule has 1 fully saturated rings. The van der Waals surface area contributed by atoms with Crippen molar-refractivity contribution in [3.8, 4) is 0 Å². The molecule has 5 N–H and O–H groups in total. The van der Waals surface area contributed by atoms with Gasteiger partial charge in [0.25, 0.3) is 0 Å². The molecular weight excluding hydrogens is 250 g/mol.